The van der Waals surface area contributed by atoms with Gasteiger partial charge in [0.25, 0.3) is 0 Å². The monoisotopic (exact) mass is 477 g/mol. The van der Waals surface area contributed by atoms with Gasteiger partial charge in [0.1, 0.15) is 30.9 Å². The van der Waals surface area contributed by atoms with E-state index in [0.29, 0.717) is 41.3 Å². The summed E-state index contributed by atoms with van der Waals surface area (Å²) in [5.74, 6) is -0.0345. The van der Waals surface area contributed by atoms with Gasteiger partial charge in [-0.15, -0.1) is 0 Å². The summed E-state index contributed by atoms with van der Waals surface area (Å²) in [6, 6.07) is 12.6. The van der Waals surface area contributed by atoms with Crippen LogP contribution >= 0.6 is 0 Å². The van der Waals surface area contributed by atoms with Gasteiger partial charge in [0.15, 0.2) is 12.4 Å². The molecule has 0 saturated heterocycles. The summed E-state index contributed by atoms with van der Waals surface area (Å²) in [5.41, 5.74) is 3.00. The van der Waals surface area contributed by atoms with Gasteiger partial charge >= 0.3 is 0 Å². The van der Waals surface area contributed by atoms with Gasteiger partial charge in [-0.3, -0.25) is 4.79 Å². The Hall–Kier alpha value is -4.28. The van der Waals surface area contributed by atoms with Crippen LogP contribution in [0.15, 0.2) is 54.7 Å². The minimum atomic E-state index is -0.951. The molecule has 0 radical (unpaired) electrons. The van der Waals surface area contributed by atoms with Crippen LogP contribution < -0.4 is 10.8 Å². The first-order valence-corrected chi connectivity index (χ1v) is 11.1. The largest absolute Gasteiger partial charge is 0.508 e. The average molecular weight is 477 g/mol. The molecule has 11 heteroatoms. The zero-order valence-electron chi connectivity index (χ0n) is 19.1. The molecule has 0 unspecified atom stereocenters. The summed E-state index contributed by atoms with van der Waals surface area (Å²) in [6.45, 7) is -0.362. The smallest absolute Gasteiger partial charge is 0.229 e. The number of phenolic OH excluding ortho intramolecular Hbond substituents is 3. The third kappa shape index (κ3) is 5.29. The van der Waals surface area contributed by atoms with Gasteiger partial charge in [-0.1, -0.05) is 18.2 Å². The molecule has 0 aliphatic heterocycles. The van der Waals surface area contributed by atoms with E-state index in [0.717, 1.165) is 16.4 Å². The van der Waals surface area contributed by atoms with Crippen molar-refractivity contribution in [1.82, 2.24) is 19.5 Å². The second-order valence-corrected chi connectivity index (χ2v) is 8.15. The lowest BCUT2D eigenvalue weighted by Crippen LogP contribution is -2.33. The lowest BCUT2D eigenvalue weighted by atomic mass is 10.0. The molecule has 2 aromatic heterocycles. The summed E-state index contributed by atoms with van der Waals surface area (Å²) < 4.78 is 15.2. The molecule has 4 N–H and O–H groups in total. The highest BCUT2D eigenvalue weighted by atomic mass is 19.1. The van der Waals surface area contributed by atoms with Crippen molar-refractivity contribution in [2.24, 2.45) is 0 Å². The summed E-state index contributed by atoms with van der Waals surface area (Å²) in [7, 11) is 1.89. The van der Waals surface area contributed by atoms with Crippen molar-refractivity contribution in [2.75, 3.05) is 25.2 Å². The van der Waals surface area contributed by atoms with Gasteiger partial charge in [0.2, 0.25) is 5.91 Å². The number of carbonyl (C=O) groups excluding carboxylic acids is 1. The number of halogens is 1. The Morgan fingerprint density at radius 1 is 1.11 bits per heavy atom. The van der Waals surface area contributed by atoms with Crippen molar-refractivity contribution < 1.29 is 24.5 Å². The maximum absolute atomic E-state index is 13.6. The molecule has 4 rings (SSSR count). The van der Waals surface area contributed by atoms with Gasteiger partial charge in [-0.2, -0.15) is 9.61 Å². The summed E-state index contributed by atoms with van der Waals surface area (Å²) >= 11 is 0. The van der Waals surface area contributed by atoms with Crippen molar-refractivity contribution >= 4 is 30.7 Å². The maximum Gasteiger partial charge on any atom is 0.229 e. The number of carbonyl (C=O) groups is 1. The lowest BCUT2D eigenvalue weighted by Gasteiger charge is -2.20. The summed E-state index contributed by atoms with van der Waals surface area (Å²) in [6.07, 6.45) is 1.97. The van der Waals surface area contributed by atoms with Gasteiger partial charge in [-0.25, -0.2) is 9.37 Å². The standard InChI is InChI=1S/C24H25BFN5O4/c25-18-13-28-31-22(12-19(29-24(18)31)17-4-1-2-5-20(17)33)27-8-3-9-30(14-26)23(35)10-15-6-7-16(32)11-21(15)34/h1-2,4-7,11-13,27,32-34H,3,8-10,14,25H2. The molecule has 0 saturated carbocycles. The molecule has 2 heterocycles. The highest BCUT2D eigenvalue weighted by Gasteiger charge is 2.16. The Morgan fingerprint density at radius 3 is 2.66 bits per heavy atom. The van der Waals surface area contributed by atoms with Gasteiger partial charge < -0.3 is 25.5 Å². The molecule has 180 valence electrons. The van der Waals surface area contributed by atoms with Crippen LogP contribution in [0.4, 0.5) is 10.2 Å². The van der Waals surface area contributed by atoms with Crippen molar-refractivity contribution in [3.63, 3.8) is 0 Å². The number of phenols is 3. The molecule has 0 aliphatic carbocycles. The van der Waals surface area contributed by atoms with Crippen LogP contribution in [-0.4, -0.2) is 68.5 Å². The second-order valence-electron chi connectivity index (χ2n) is 8.15. The first-order valence-electron chi connectivity index (χ1n) is 11.1. The van der Waals surface area contributed by atoms with E-state index in [2.05, 4.69) is 15.4 Å². The van der Waals surface area contributed by atoms with Crippen molar-refractivity contribution in [3.05, 3.63) is 60.3 Å². The second kappa shape index (κ2) is 10.3. The van der Waals surface area contributed by atoms with Crippen molar-refractivity contribution in [2.45, 2.75) is 12.8 Å². The summed E-state index contributed by atoms with van der Waals surface area (Å²) in [4.78, 5) is 18.2. The number of para-hydroxylation sites is 1. The third-order valence-corrected chi connectivity index (χ3v) is 5.65. The average Bonchev–Trinajstić information content (AvgIpc) is 3.21. The van der Waals surface area contributed by atoms with Gasteiger partial charge in [0, 0.05) is 42.5 Å². The number of anilines is 1. The predicted octanol–water partition coefficient (Wildman–Crippen LogP) is 1.57. The van der Waals surface area contributed by atoms with E-state index in [4.69, 9.17) is 0 Å². The number of alkyl halides is 1. The molecule has 9 nitrogen and oxygen atoms in total. The Morgan fingerprint density at radius 2 is 1.91 bits per heavy atom. The van der Waals surface area contributed by atoms with Crippen molar-refractivity contribution in [1.29, 1.82) is 0 Å². The Kier molecular flexibility index (Phi) is 7.05. The number of hydrogen-bond acceptors (Lipinski definition) is 7. The van der Waals surface area contributed by atoms with E-state index in [1.165, 1.54) is 12.1 Å². The third-order valence-electron chi connectivity index (χ3n) is 5.65. The number of amides is 1. The zero-order valence-corrected chi connectivity index (χ0v) is 19.1. The molecular formula is C24H25BFN5O4. The number of nitrogens with zero attached hydrogens (tertiary/aromatic N) is 4. The van der Waals surface area contributed by atoms with Crippen LogP contribution in [0, 0.1) is 0 Å². The molecule has 35 heavy (non-hydrogen) atoms. The number of hydrogen-bond donors (Lipinski definition) is 4. The van der Waals surface area contributed by atoms with E-state index in [1.807, 2.05) is 13.9 Å². The highest BCUT2D eigenvalue weighted by molar-refractivity contribution is 6.36. The Bertz CT molecular complexity index is 1360. The number of rotatable bonds is 9. The number of aromatic hydroxyl groups is 3. The first-order chi connectivity index (χ1) is 16.9. The molecule has 0 aliphatic rings. The molecule has 1 amide bonds. The summed E-state index contributed by atoms with van der Waals surface area (Å²) in [5, 5.41) is 37.1. The Balaban J connectivity index is 1.43. The van der Waals surface area contributed by atoms with E-state index in [9.17, 15) is 24.5 Å². The minimum absolute atomic E-state index is 0.115. The molecule has 2 aromatic carbocycles. The van der Waals surface area contributed by atoms with Crippen LogP contribution in [0.2, 0.25) is 0 Å². The van der Waals surface area contributed by atoms with E-state index >= 15 is 0 Å². The first kappa shape index (κ1) is 23.9. The van der Waals surface area contributed by atoms with E-state index in [-0.39, 0.29) is 30.2 Å². The fraction of sp³-hybridized carbons (Fsp3) is 0.208. The van der Waals surface area contributed by atoms with Crippen molar-refractivity contribution in [3.8, 4) is 28.5 Å². The quantitative estimate of drug-likeness (QED) is 0.164. The molecule has 0 bridgehead atoms. The minimum Gasteiger partial charge on any atom is -0.508 e. The molecule has 0 spiro atoms. The molecule has 0 fully saturated rings. The fourth-order valence-electron chi connectivity index (χ4n) is 3.74. The molecular weight excluding hydrogens is 452 g/mol. The SMILES string of the molecule is Bc1cnn2c(NCCCN(CF)C(=O)Cc3ccc(O)cc3O)cc(-c3ccccc3O)nc12. The molecule has 0 atom stereocenters. The van der Waals surface area contributed by atoms with Crippen LogP contribution in [0.3, 0.4) is 0 Å². The van der Waals surface area contributed by atoms with Crippen LogP contribution in [0.25, 0.3) is 16.9 Å². The molecule has 4 aromatic rings. The normalized spacial score (nSPS) is 11.0. The number of aromatic nitrogens is 3. The maximum atomic E-state index is 13.6. The Labute approximate surface area is 201 Å². The van der Waals surface area contributed by atoms with Crippen LogP contribution in [-0.2, 0) is 11.2 Å². The number of fused-ring (bicyclic) bond motifs is 1. The fourth-order valence-corrected chi connectivity index (χ4v) is 3.74. The highest BCUT2D eigenvalue weighted by Crippen LogP contribution is 2.29. The number of nitrogens with one attached hydrogen (secondary N) is 1. The lowest BCUT2D eigenvalue weighted by molar-refractivity contribution is -0.132. The van der Waals surface area contributed by atoms with Gasteiger partial charge in [0.05, 0.1) is 12.1 Å². The van der Waals surface area contributed by atoms with E-state index < -0.39 is 12.7 Å². The predicted molar refractivity (Wildman–Crippen MR) is 133 cm³/mol. The zero-order chi connectivity index (χ0) is 24.9. The number of benzene rings is 2. The van der Waals surface area contributed by atoms with Crippen LogP contribution in [0.5, 0.6) is 17.2 Å². The topological polar surface area (TPSA) is 123 Å². The van der Waals surface area contributed by atoms with Gasteiger partial charge in [-0.05, 0) is 30.1 Å². The van der Waals surface area contributed by atoms with E-state index in [1.54, 1.807) is 35.0 Å². The van der Waals surface area contributed by atoms with Crippen LogP contribution in [0.1, 0.15) is 12.0 Å².